The van der Waals surface area contributed by atoms with Crippen LogP contribution in [-0.4, -0.2) is 0 Å². The Bertz CT molecular complexity index is 699. The number of hydrogen-bond acceptors (Lipinski definition) is 2. The summed E-state index contributed by atoms with van der Waals surface area (Å²) in [6, 6.07) is 19.1. The highest BCUT2D eigenvalue weighted by Crippen LogP contribution is 2.26. The van der Waals surface area contributed by atoms with Crippen LogP contribution >= 0.6 is 15.9 Å². The smallest absolute Gasteiger partial charge is 0.134 e. The first-order chi connectivity index (χ1) is 10.1. The number of rotatable bonds is 4. The van der Waals surface area contributed by atoms with E-state index in [4.69, 9.17) is 4.42 Å². The van der Waals surface area contributed by atoms with Crippen LogP contribution in [0.5, 0.6) is 0 Å². The summed E-state index contributed by atoms with van der Waals surface area (Å²) in [5.74, 6) is 0.972. The van der Waals surface area contributed by atoms with Gasteiger partial charge in [-0.2, -0.15) is 0 Å². The van der Waals surface area contributed by atoms with Crippen molar-refractivity contribution >= 4 is 26.9 Å². The fourth-order valence-corrected chi connectivity index (χ4v) is 2.78. The number of furan rings is 1. The summed E-state index contributed by atoms with van der Waals surface area (Å²) >= 11 is 3.47. The van der Waals surface area contributed by atoms with E-state index < -0.39 is 0 Å². The van der Waals surface area contributed by atoms with Crippen molar-refractivity contribution in [2.75, 3.05) is 0 Å². The number of hydrogen-bond donors (Lipinski definition) is 1. The lowest BCUT2D eigenvalue weighted by Crippen LogP contribution is -2.22. The van der Waals surface area contributed by atoms with E-state index in [0.29, 0.717) is 0 Å². The molecule has 0 aliphatic heterocycles. The van der Waals surface area contributed by atoms with Gasteiger partial charge in [0.25, 0.3) is 0 Å². The van der Waals surface area contributed by atoms with E-state index in [1.807, 2.05) is 18.2 Å². The fourth-order valence-electron chi connectivity index (χ4n) is 2.52. The zero-order valence-electron chi connectivity index (χ0n) is 12.1. The van der Waals surface area contributed by atoms with Crippen LogP contribution < -0.4 is 5.32 Å². The van der Waals surface area contributed by atoms with Crippen LogP contribution in [0, 0.1) is 0 Å². The van der Waals surface area contributed by atoms with Crippen molar-refractivity contribution in [3.8, 4) is 0 Å². The molecule has 0 aliphatic rings. The van der Waals surface area contributed by atoms with E-state index in [1.165, 1.54) is 5.56 Å². The van der Waals surface area contributed by atoms with Gasteiger partial charge in [0, 0.05) is 15.9 Å². The van der Waals surface area contributed by atoms with Gasteiger partial charge in [-0.05, 0) is 43.7 Å². The number of halogens is 1. The standard InChI is InChI=1S/C18H18BrNO/c1-12(14-7-9-16(19)10-8-14)20-13(2)18-11-15-5-3-4-6-17(15)21-18/h3-13,20H,1-2H3/t12-,13?/m0/s1. The summed E-state index contributed by atoms with van der Waals surface area (Å²) in [6.07, 6.45) is 0. The molecule has 0 spiro atoms. The average molecular weight is 344 g/mol. The van der Waals surface area contributed by atoms with Gasteiger partial charge in [-0.15, -0.1) is 0 Å². The largest absolute Gasteiger partial charge is 0.459 e. The molecule has 3 heteroatoms. The number of fused-ring (bicyclic) bond motifs is 1. The molecule has 2 nitrogen and oxygen atoms in total. The van der Waals surface area contributed by atoms with Gasteiger partial charge in [0.2, 0.25) is 0 Å². The molecule has 0 amide bonds. The fraction of sp³-hybridized carbons (Fsp3) is 0.222. The predicted octanol–water partition coefficient (Wildman–Crippen LogP) is 5.61. The van der Waals surface area contributed by atoms with Crippen LogP contribution in [0.4, 0.5) is 0 Å². The quantitative estimate of drug-likeness (QED) is 0.666. The zero-order chi connectivity index (χ0) is 14.8. The van der Waals surface area contributed by atoms with Gasteiger partial charge in [-0.1, -0.05) is 46.3 Å². The van der Waals surface area contributed by atoms with Crippen LogP contribution in [-0.2, 0) is 0 Å². The van der Waals surface area contributed by atoms with Crippen molar-refractivity contribution < 1.29 is 4.42 Å². The molecule has 3 rings (SSSR count). The summed E-state index contributed by atoms with van der Waals surface area (Å²) in [4.78, 5) is 0. The molecule has 2 atom stereocenters. The molecule has 2 aromatic carbocycles. The molecular weight excluding hydrogens is 326 g/mol. The highest BCUT2D eigenvalue weighted by molar-refractivity contribution is 9.10. The Morgan fingerprint density at radius 3 is 2.38 bits per heavy atom. The summed E-state index contributed by atoms with van der Waals surface area (Å²) in [5.41, 5.74) is 2.21. The third-order valence-corrected chi connectivity index (χ3v) is 4.27. The number of benzene rings is 2. The summed E-state index contributed by atoms with van der Waals surface area (Å²) < 4.78 is 7.02. The molecule has 1 aromatic heterocycles. The molecule has 0 radical (unpaired) electrons. The van der Waals surface area contributed by atoms with Crippen molar-refractivity contribution in [2.24, 2.45) is 0 Å². The Balaban J connectivity index is 1.75. The van der Waals surface area contributed by atoms with E-state index >= 15 is 0 Å². The molecule has 0 saturated carbocycles. The van der Waals surface area contributed by atoms with Crippen LogP contribution in [0.15, 0.2) is 63.5 Å². The molecule has 108 valence electrons. The molecule has 0 bridgehead atoms. The molecule has 1 N–H and O–H groups in total. The molecule has 1 heterocycles. The van der Waals surface area contributed by atoms with Crippen LogP contribution in [0.25, 0.3) is 11.0 Å². The van der Waals surface area contributed by atoms with E-state index in [2.05, 4.69) is 71.5 Å². The van der Waals surface area contributed by atoms with E-state index in [9.17, 15) is 0 Å². The Labute approximate surface area is 133 Å². The Kier molecular flexibility index (Phi) is 4.13. The lowest BCUT2D eigenvalue weighted by Gasteiger charge is -2.19. The number of nitrogens with one attached hydrogen (secondary N) is 1. The van der Waals surface area contributed by atoms with Crippen molar-refractivity contribution in [2.45, 2.75) is 25.9 Å². The maximum absolute atomic E-state index is 5.92. The second-order valence-corrected chi connectivity index (χ2v) is 6.26. The maximum Gasteiger partial charge on any atom is 0.134 e. The first-order valence-electron chi connectivity index (χ1n) is 7.13. The van der Waals surface area contributed by atoms with Crippen molar-refractivity contribution in [3.05, 3.63) is 70.4 Å². The molecular formula is C18H18BrNO. The summed E-state index contributed by atoms with van der Waals surface area (Å²) in [5, 5.41) is 4.73. The van der Waals surface area contributed by atoms with Crippen LogP contribution in [0.1, 0.15) is 37.3 Å². The highest BCUT2D eigenvalue weighted by atomic mass is 79.9. The van der Waals surface area contributed by atoms with Gasteiger partial charge < -0.3 is 9.73 Å². The minimum atomic E-state index is 0.163. The molecule has 3 aromatic rings. The van der Waals surface area contributed by atoms with Gasteiger partial charge in [-0.3, -0.25) is 0 Å². The van der Waals surface area contributed by atoms with Crippen molar-refractivity contribution in [3.63, 3.8) is 0 Å². The van der Waals surface area contributed by atoms with Crippen molar-refractivity contribution in [1.82, 2.24) is 5.32 Å². The van der Waals surface area contributed by atoms with Gasteiger partial charge >= 0.3 is 0 Å². The molecule has 0 fully saturated rings. The second kappa shape index (κ2) is 6.04. The molecule has 0 saturated heterocycles. The lowest BCUT2D eigenvalue weighted by molar-refractivity contribution is 0.417. The third kappa shape index (κ3) is 3.20. The van der Waals surface area contributed by atoms with Crippen LogP contribution in [0.2, 0.25) is 0 Å². The SMILES string of the molecule is CC(N[C@@H](C)c1ccc(Br)cc1)c1cc2ccccc2o1. The first-order valence-corrected chi connectivity index (χ1v) is 7.93. The van der Waals surface area contributed by atoms with Gasteiger partial charge in [0.1, 0.15) is 11.3 Å². The van der Waals surface area contributed by atoms with E-state index in [1.54, 1.807) is 0 Å². The maximum atomic E-state index is 5.92. The Hall–Kier alpha value is -1.58. The minimum absolute atomic E-state index is 0.163. The monoisotopic (exact) mass is 343 g/mol. The first kappa shape index (κ1) is 14.4. The minimum Gasteiger partial charge on any atom is -0.459 e. The summed E-state index contributed by atoms with van der Waals surface area (Å²) in [7, 11) is 0. The Morgan fingerprint density at radius 2 is 1.67 bits per heavy atom. The highest BCUT2D eigenvalue weighted by Gasteiger charge is 2.14. The lowest BCUT2D eigenvalue weighted by atomic mass is 10.1. The van der Waals surface area contributed by atoms with Crippen LogP contribution in [0.3, 0.4) is 0 Å². The van der Waals surface area contributed by atoms with Gasteiger partial charge in [0.05, 0.1) is 6.04 Å². The van der Waals surface area contributed by atoms with E-state index in [0.717, 1.165) is 21.2 Å². The number of para-hydroxylation sites is 1. The zero-order valence-corrected chi connectivity index (χ0v) is 13.7. The third-order valence-electron chi connectivity index (χ3n) is 3.74. The van der Waals surface area contributed by atoms with Gasteiger partial charge in [0.15, 0.2) is 0 Å². The predicted molar refractivity (Wildman–Crippen MR) is 90.3 cm³/mol. The molecule has 1 unspecified atom stereocenters. The topological polar surface area (TPSA) is 25.2 Å². The van der Waals surface area contributed by atoms with Crippen molar-refractivity contribution in [1.29, 1.82) is 0 Å². The average Bonchev–Trinajstić information content (AvgIpc) is 2.92. The molecule has 21 heavy (non-hydrogen) atoms. The summed E-state index contributed by atoms with van der Waals surface area (Å²) in [6.45, 7) is 4.30. The normalized spacial score (nSPS) is 14.2. The molecule has 0 aliphatic carbocycles. The second-order valence-electron chi connectivity index (χ2n) is 5.35. The Morgan fingerprint density at radius 1 is 0.952 bits per heavy atom. The van der Waals surface area contributed by atoms with E-state index in [-0.39, 0.29) is 12.1 Å². The van der Waals surface area contributed by atoms with Gasteiger partial charge in [-0.25, -0.2) is 0 Å².